The maximum Gasteiger partial charge on any atom is 0.206 e. The van der Waals surface area contributed by atoms with E-state index in [1.807, 2.05) is 24.4 Å². The van der Waals surface area contributed by atoms with Crippen LogP contribution in [0, 0.1) is 22.9 Å². The molecular formula is C40H24N6. The molecule has 2 atom stereocenters. The number of nitrogens with one attached hydrogen (secondary N) is 2. The molecule has 0 saturated carbocycles. The summed E-state index contributed by atoms with van der Waals surface area (Å²) in [6.45, 7) is 0. The fourth-order valence-electron chi connectivity index (χ4n) is 7.19. The van der Waals surface area contributed by atoms with Crippen LogP contribution in [0.3, 0.4) is 0 Å². The van der Waals surface area contributed by atoms with E-state index in [4.69, 9.17) is 4.99 Å². The van der Waals surface area contributed by atoms with Crippen molar-refractivity contribution in [1.82, 2.24) is 10.6 Å². The summed E-state index contributed by atoms with van der Waals surface area (Å²) in [4.78, 5) is 9.47. The lowest BCUT2D eigenvalue weighted by molar-refractivity contribution is 0.558. The topological polar surface area (TPSA) is 96.4 Å². The quantitative estimate of drug-likeness (QED) is 0.162. The molecule has 46 heavy (non-hydrogen) atoms. The van der Waals surface area contributed by atoms with Crippen molar-refractivity contribution in [2.24, 2.45) is 9.98 Å². The predicted molar refractivity (Wildman–Crippen MR) is 183 cm³/mol. The fourth-order valence-corrected chi connectivity index (χ4v) is 7.19. The van der Waals surface area contributed by atoms with E-state index in [2.05, 4.69) is 125 Å². The molecular weight excluding hydrogens is 564 g/mol. The van der Waals surface area contributed by atoms with Crippen LogP contribution < -0.4 is 10.6 Å². The number of aliphatic imine (C=N–C) groups is 2. The zero-order chi connectivity index (χ0) is 30.8. The van der Waals surface area contributed by atoms with Crippen LogP contribution in [0.15, 0.2) is 137 Å². The molecule has 0 bridgehead atoms. The van der Waals surface area contributed by atoms with E-state index in [1.54, 1.807) is 0 Å². The SMILES string of the molecule is N#CN=C1C2=C(NC3C(=N2)c2ccc(-c4ccc5ccccc5c4)cc2C3NC#N)c2ccc(-c3ccc4ccccc4c3)cc21. The Hall–Kier alpha value is -6.50. The molecule has 214 valence electrons. The predicted octanol–water partition coefficient (Wildman–Crippen LogP) is 7.87. The van der Waals surface area contributed by atoms with E-state index in [9.17, 15) is 10.5 Å². The number of hydrogen-bond acceptors (Lipinski definition) is 6. The number of fused-ring (bicyclic) bond motifs is 7. The van der Waals surface area contributed by atoms with Gasteiger partial charge in [0.25, 0.3) is 0 Å². The van der Waals surface area contributed by atoms with E-state index >= 15 is 0 Å². The van der Waals surface area contributed by atoms with Crippen molar-refractivity contribution in [2.75, 3.05) is 0 Å². The number of rotatable bonds is 3. The average Bonchev–Trinajstić information content (AvgIpc) is 3.57. The van der Waals surface area contributed by atoms with Crippen LogP contribution >= 0.6 is 0 Å². The van der Waals surface area contributed by atoms with Gasteiger partial charge in [0, 0.05) is 16.7 Å². The van der Waals surface area contributed by atoms with Gasteiger partial charge in [-0.3, -0.25) is 0 Å². The summed E-state index contributed by atoms with van der Waals surface area (Å²) in [6, 6.07) is 41.6. The lowest BCUT2D eigenvalue weighted by Crippen LogP contribution is -2.42. The van der Waals surface area contributed by atoms with Crippen molar-refractivity contribution >= 4 is 38.7 Å². The van der Waals surface area contributed by atoms with Crippen molar-refractivity contribution < 1.29 is 0 Å². The molecule has 0 aromatic heterocycles. The maximum atomic E-state index is 9.81. The van der Waals surface area contributed by atoms with E-state index in [1.165, 1.54) is 21.5 Å². The summed E-state index contributed by atoms with van der Waals surface area (Å²) in [5, 5.41) is 31.0. The van der Waals surface area contributed by atoms with E-state index < -0.39 is 0 Å². The Morgan fingerprint density at radius 2 is 1.22 bits per heavy atom. The first-order valence-electron chi connectivity index (χ1n) is 15.2. The van der Waals surface area contributed by atoms with Gasteiger partial charge in [-0.1, -0.05) is 97.1 Å². The Labute approximate surface area is 265 Å². The third kappa shape index (κ3) is 3.88. The number of allylic oxidation sites excluding steroid dienone is 1. The second-order valence-corrected chi connectivity index (χ2v) is 11.8. The minimum Gasteiger partial charge on any atom is -0.372 e. The van der Waals surface area contributed by atoms with Gasteiger partial charge >= 0.3 is 0 Å². The lowest BCUT2D eigenvalue weighted by atomic mass is 9.96. The standard InChI is InChI=1S/C40H24N6/c41-21-43-35-33-19-29(27-11-9-23-5-1-3-7-25(23)17-27)13-15-31(33)37-39(35)46-38-32-16-14-30(20-34(32)36(44-22-42)40(38)45-37)28-12-10-24-6-2-4-8-26(24)18-28/h1-20,35,39,43,46H. The van der Waals surface area contributed by atoms with E-state index in [-0.39, 0.29) is 12.1 Å². The van der Waals surface area contributed by atoms with Gasteiger partial charge in [-0.2, -0.15) is 15.5 Å². The van der Waals surface area contributed by atoms with Crippen LogP contribution in [0.5, 0.6) is 0 Å². The van der Waals surface area contributed by atoms with Gasteiger partial charge in [0.15, 0.2) is 6.19 Å². The Balaban J connectivity index is 1.13. The average molecular weight is 589 g/mol. The normalized spacial score (nSPS) is 18.2. The molecule has 6 heteroatoms. The fraction of sp³-hybridized carbons (Fsp3) is 0.0500. The zero-order valence-corrected chi connectivity index (χ0v) is 24.5. The van der Waals surface area contributed by atoms with Gasteiger partial charge < -0.3 is 10.6 Å². The molecule has 2 N–H and O–H groups in total. The van der Waals surface area contributed by atoms with Crippen LogP contribution in [-0.4, -0.2) is 17.5 Å². The minimum absolute atomic E-state index is 0.269. The van der Waals surface area contributed by atoms with Gasteiger partial charge in [-0.05, 0) is 73.6 Å². The first kappa shape index (κ1) is 25.9. The lowest BCUT2D eigenvalue weighted by Gasteiger charge is -2.26. The Bertz CT molecular complexity index is 2470. The molecule has 0 fully saturated rings. The summed E-state index contributed by atoms with van der Waals surface area (Å²) in [5.41, 5.74) is 11.0. The monoisotopic (exact) mass is 588 g/mol. The molecule has 0 amide bonds. The molecule has 6 nitrogen and oxygen atoms in total. The van der Waals surface area contributed by atoms with Crippen molar-refractivity contribution in [3.63, 3.8) is 0 Å². The first-order chi connectivity index (χ1) is 22.7. The Kier molecular flexibility index (Phi) is 5.65. The smallest absolute Gasteiger partial charge is 0.206 e. The van der Waals surface area contributed by atoms with E-state index in [0.29, 0.717) is 11.4 Å². The maximum absolute atomic E-state index is 9.81. The molecule has 0 saturated heterocycles. The molecule has 2 unspecified atom stereocenters. The highest BCUT2D eigenvalue weighted by atomic mass is 15.1. The van der Waals surface area contributed by atoms with Gasteiger partial charge in [0.2, 0.25) is 6.19 Å². The van der Waals surface area contributed by atoms with E-state index in [0.717, 1.165) is 55.9 Å². The van der Waals surface area contributed by atoms with Crippen LogP contribution in [-0.2, 0) is 0 Å². The highest BCUT2D eigenvalue weighted by molar-refractivity contribution is 6.27. The number of nitriles is 2. The molecule has 6 aromatic rings. The van der Waals surface area contributed by atoms with Gasteiger partial charge in [0.05, 0.1) is 23.5 Å². The molecule has 1 heterocycles. The molecule has 3 aliphatic rings. The van der Waals surface area contributed by atoms with Crippen LogP contribution in [0.25, 0.3) is 49.5 Å². The second kappa shape index (κ2) is 10.0. The summed E-state index contributed by atoms with van der Waals surface area (Å²) in [6.07, 6.45) is 4.20. The minimum atomic E-state index is -0.314. The van der Waals surface area contributed by atoms with Crippen molar-refractivity contribution in [1.29, 1.82) is 10.5 Å². The zero-order valence-electron chi connectivity index (χ0n) is 24.5. The highest BCUT2D eigenvalue weighted by Crippen LogP contribution is 2.44. The summed E-state index contributed by atoms with van der Waals surface area (Å²) in [5.74, 6) is 0. The Morgan fingerprint density at radius 1 is 0.630 bits per heavy atom. The summed E-state index contributed by atoms with van der Waals surface area (Å²) in [7, 11) is 0. The molecule has 6 aromatic carbocycles. The largest absolute Gasteiger partial charge is 0.372 e. The van der Waals surface area contributed by atoms with Gasteiger partial charge in [-0.15, -0.1) is 0 Å². The molecule has 0 spiro atoms. The first-order valence-corrected chi connectivity index (χ1v) is 15.2. The third-order valence-corrected chi connectivity index (χ3v) is 9.38. The van der Waals surface area contributed by atoms with Crippen molar-refractivity contribution in [3.05, 3.63) is 149 Å². The molecule has 9 rings (SSSR count). The van der Waals surface area contributed by atoms with Crippen LogP contribution in [0.1, 0.15) is 28.3 Å². The van der Waals surface area contributed by atoms with Crippen molar-refractivity contribution in [2.45, 2.75) is 12.1 Å². The van der Waals surface area contributed by atoms with Crippen LogP contribution in [0.2, 0.25) is 0 Å². The number of hydrogen-bond donors (Lipinski definition) is 2. The van der Waals surface area contributed by atoms with Gasteiger partial charge in [0.1, 0.15) is 11.4 Å². The number of benzene rings is 6. The van der Waals surface area contributed by atoms with Gasteiger partial charge in [-0.25, -0.2) is 4.99 Å². The Morgan fingerprint density at radius 3 is 1.87 bits per heavy atom. The van der Waals surface area contributed by atoms with Crippen molar-refractivity contribution in [3.8, 4) is 34.6 Å². The molecule has 0 radical (unpaired) electrons. The highest BCUT2D eigenvalue weighted by Gasteiger charge is 2.44. The second-order valence-electron chi connectivity index (χ2n) is 11.8. The summed E-state index contributed by atoms with van der Waals surface area (Å²) < 4.78 is 0. The number of nitrogens with zero attached hydrogens (tertiary/aromatic N) is 4. The molecule has 1 aliphatic heterocycles. The third-order valence-electron chi connectivity index (χ3n) is 9.38. The van der Waals surface area contributed by atoms with Crippen LogP contribution in [0.4, 0.5) is 0 Å². The molecule has 2 aliphatic carbocycles. The summed E-state index contributed by atoms with van der Waals surface area (Å²) >= 11 is 0.